The monoisotopic (exact) mass is 570 g/mol. The maximum absolute atomic E-state index is 12.0. The van der Waals surface area contributed by atoms with Gasteiger partial charge in [0.2, 0.25) is 5.89 Å². The molecule has 13 heteroatoms. The van der Waals surface area contributed by atoms with Gasteiger partial charge in [0, 0.05) is 45.0 Å². The molecule has 1 heterocycles. The van der Waals surface area contributed by atoms with Crippen molar-refractivity contribution < 1.29 is 14.0 Å². The molecule has 37 heavy (non-hydrogen) atoms. The van der Waals surface area contributed by atoms with Gasteiger partial charge in [0.05, 0.1) is 20.8 Å². The number of aromatic nitrogens is 2. The van der Waals surface area contributed by atoms with Crippen molar-refractivity contribution in [3.63, 3.8) is 0 Å². The van der Waals surface area contributed by atoms with Crippen LogP contribution in [0.1, 0.15) is 26.7 Å². The lowest BCUT2D eigenvalue weighted by Gasteiger charge is -2.13. The van der Waals surface area contributed by atoms with Crippen LogP contribution in [0.25, 0.3) is 5.69 Å². The largest absolute Gasteiger partial charge is 0.442 e. The zero-order chi connectivity index (χ0) is 28.1. The van der Waals surface area contributed by atoms with Crippen LogP contribution in [0.15, 0.2) is 45.6 Å². The van der Waals surface area contributed by atoms with Gasteiger partial charge in [-0.2, -0.15) is 4.68 Å². The molecular formula is C24H29Cl3N6O4. The van der Waals surface area contributed by atoms with Gasteiger partial charge in [-0.25, -0.2) is 14.4 Å². The molecule has 4 amide bonds. The molecule has 0 fully saturated rings. The highest BCUT2D eigenvalue weighted by atomic mass is 35.5. The van der Waals surface area contributed by atoms with Crippen LogP contribution in [0.4, 0.5) is 21.0 Å². The lowest BCUT2D eigenvalue weighted by Crippen LogP contribution is -2.27. The van der Waals surface area contributed by atoms with Crippen LogP contribution in [-0.2, 0) is 5.41 Å². The first-order valence-electron chi connectivity index (χ1n) is 10.9. The second-order valence-corrected chi connectivity index (χ2v) is 10.5. The third-order valence-corrected chi connectivity index (χ3v) is 5.64. The summed E-state index contributed by atoms with van der Waals surface area (Å²) in [5, 5.41) is 10.7. The van der Waals surface area contributed by atoms with Crippen LogP contribution in [0.3, 0.4) is 0 Å². The third-order valence-electron chi connectivity index (χ3n) is 4.60. The lowest BCUT2D eigenvalue weighted by atomic mass is 9.97. The Balaban J connectivity index is 0.000000294. The van der Waals surface area contributed by atoms with Crippen LogP contribution < -0.4 is 16.4 Å². The molecule has 0 unspecified atom stereocenters. The molecule has 0 spiro atoms. The number of halogens is 3. The molecule has 200 valence electrons. The van der Waals surface area contributed by atoms with E-state index in [1.165, 1.54) is 9.80 Å². The van der Waals surface area contributed by atoms with Crippen molar-refractivity contribution in [2.75, 3.05) is 38.8 Å². The third kappa shape index (κ3) is 8.41. The average Bonchev–Trinajstić information content (AvgIpc) is 3.18. The number of carbonyl (C=O) groups is 2. The molecular weight excluding hydrogens is 543 g/mol. The highest BCUT2D eigenvalue weighted by molar-refractivity contribution is 6.42. The number of benzene rings is 2. The van der Waals surface area contributed by atoms with Crippen LogP contribution in [0.2, 0.25) is 15.1 Å². The predicted molar refractivity (Wildman–Crippen MR) is 148 cm³/mol. The number of rotatable bonds is 3. The summed E-state index contributed by atoms with van der Waals surface area (Å²) in [6, 6.07) is 9.24. The molecule has 2 aromatic carbocycles. The fourth-order valence-electron chi connectivity index (χ4n) is 2.53. The summed E-state index contributed by atoms with van der Waals surface area (Å²) in [6.07, 6.45) is 0. The van der Waals surface area contributed by atoms with Crippen molar-refractivity contribution >= 4 is 58.2 Å². The molecule has 0 aliphatic rings. The summed E-state index contributed by atoms with van der Waals surface area (Å²) >= 11 is 17.7. The van der Waals surface area contributed by atoms with Gasteiger partial charge in [0.25, 0.3) is 0 Å². The minimum absolute atomic E-state index is 0.205. The first-order chi connectivity index (χ1) is 17.1. The standard InChI is InChI=1S/C15H19ClN4O3.C9H10Cl2N2O/c1-15(2,3)12-18-20(14(22)23-12)11-7-6-9(8-10(11)16)17-13(21)19(4)5;1-13(2)9(14)12-6-3-4-7(10)8(11)5-6/h6-8H,1-5H3,(H,17,21);3-5H,1-2H3,(H,12,14). The fraction of sp³-hybridized carbons (Fsp3) is 0.333. The van der Waals surface area contributed by atoms with E-state index in [9.17, 15) is 14.4 Å². The van der Waals surface area contributed by atoms with Crippen molar-refractivity contribution in [1.29, 1.82) is 0 Å². The SMILES string of the molecule is CN(C)C(=O)Nc1ccc(-n2nc(C(C)(C)C)oc2=O)c(Cl)c1.CN(C)C(=O)Nc1ccc(Cl)c(Cl)c1. The molecule has 2 N–H and O–H groups in total. The zero-order valence-corrected chi connectivity index (χ0v) is 23.8. The van der Waals surface area contributed by atoms with Gasteiger partial charge in [-0.1, -0.05) is 55.6 Å². The maximum atomic E-state index is 12.0. The van der Waals surface area contributed by atoms with Crippen molar-refractivity contribution in [3.05, 3.63) is 67.9 Å². The van der Waals surface area contributed by atoms with Gasteiger partial charge >= 0.3 is 17.8 Å². The summed E-state index contributed by atoms with van der Waals surface area (Å²) in [5.74, 6) is -0.287. The van der Waals surface area contributed by atoms with E-state index in [1.54, 1.807) is 64.6 Å². The van der Waals surface area contributed by atoms with Gasteiger partial charge in [-0.3, -0.25) is 0 Å². The van der Waals surface area contributed by atoms with Crippen LogP contribution in [0.5, 0.6) is 0 Å². The molecule has 0 atom stereocenters. The molecule has 0 saturated heterocycles. The Morgan fingerprint density at radius 3 is 1.73 bits per heavy atom. The van der Waals surface area contributed by atoms with Gasteiger partial charge in [0.1, 0.15) is 0 Å². The number of carbonyl (C=O) groups excluding carboxylic acids is 2. The maximum Gasteiger partial charge on any atom is 0.442 e. The van der Waals surface area contributed by atoms with E-state index in [0.717, 1.165) is 4.68 Å². The minimum atomic E-state index is -0.609. The highest BCUT2D eigenvalue weighted by Gasteiger charge is 2.23. The number of anilines is 2. The van der Waals surface area contributed by atoms with Gasteiger partial charge in [0.15, 0.2) is 0 Å². The summed E-state index contributed by atoms with van der Waals surface area (Å²) in [7, 11) is 6.59. The van der Waals surface area contributed by atoms with E-state index >= 15 is 0 Å². The number of hydrogen-bond donors (Lipinski definition) is 2. The Kier molecular flexibility index (Phi) is 10.0. The van der Waals surface area contributed by atoms with Crippen molar-refractivity contribution in [2.45, 2.75) is 26.2 Å². The molecule has 1 aromatic heterocycles. The molecule has 3 rings (SSSR count). The Labute approximate surface area is 230 Å². The first kappa shape index (κ1) is 30.0. The van der Waals surface area contributed by atoms with E-state index < -0.39 is 11.2 Å². The summed E-state index contributed by atoms with van der Waals surface area (Å²) < 4.78 is 6.29. The van der Waals surface area contributed by atoms with Crippen LogP contribution in [-0.4, -0.2) is 59.8 Å². The summed E-state index contributed by atoms with van der Waals surface area (Å²) in [6.45, 7) is 5.68. The van der Waals surface area contributed by atoms with Gasteiger partial charge in [-0.15, -0.1) is 5.10 Å². The number of urea groups is 2. The van der Waals surface area contributed by atoms with Crippen molar-refractivity contribution in [1.82, 2.24) is 19.6 Å². The Bertz CT molecular complexity index is 1330. The van der Waals surface area contributed by atoms with Gasteiger partial charge < -0.3 is 24.9 Å². The van der Waals surface area contributed by atoms with Crippen molar-refractivity contribution in [2.24, 2.45) is 0 Å². The fourth-order valence-corrected chi connectivity index (χ4v) is 3.09. The molecule has 3 aromatic rings. The van der Waals surface area contributed by atoms with E-state index in [2.05, 4.69) is 15.7 Å². The summed E-state index contributed by atoms with van der Waals surface area (Å²) in [4.78, 5) is 37.7. The molecule has 0 saturated carbocycles. The topological polar surface area (TPSA) is 113 Å². The van der Waals surface area contributed by atoms with E-state index in [-0.39, 0.29) is 17.1 Å². The number of nitrogens with zero attached hydrogens (tertiary/aromatic N) is 4. The van der Waals surface area contributed by atoms with Crippen molar-refractivity contribution in [3.8, 4) is 5.69 Å². The lowest BCUT2D eigenvalue weighted by molar-refractivity contribution is 0.230. The quantitative estimate of drug-likeness (QED) is 0.403. The van der Waals surface area contributed by atoms with Crippen LogP contribution in [0, 0.1) is 0 Å². The average molecular weight is 572 g/mol. The molecule has 0 aliphatic carbocycles. The first-order valence-corrected chi connectivity index (χ1v) is 12.1. The summed E-state index contributed by atoms with van der Waals surface area (Å²) in [5.41, 5.74) is 1.14. The highest BCUT2D eigenvalue weighted by Crippen LogP contribution is 2.26. The molecule has 10 nitrogen and oxygen atoms in total. The van der Waals surface area contributed by atoms with E-state index in [4.69, 9.17) is 39.2 Å². The second kappa shape index (κ2) is 12.4. The van der Waals surface area contributed by atoms with Gasteiger partial charge in [-0.05, 0) is 36.4 Å². The molecule has 0 bridgehead atoms. The van der Waals surface area contributed by atoms with E-state index in [1.807, 2.05) is 20.8 Å². The minimum Gasteiger partial charge on any atom is -0.391 e. The zero-order valence-electron chi connectivity index (χ0n) is 21.5. The van der Waals surface area contributed by atoms with E-state index in [0.29, 0.717) is 33.0 Å². The number of nitrogens with one attached hydrogen (secondary N) is 2. The second-order valence-electron chi connectivity index (χ2n) is 9.28. The Morgan fingerprint density at radius 1 is 0.838 bits per heavy atom. The smallest absolute Gasteiger partial charge is 0.391 e. The number of hydrogen-bond acceptors (Lipinski definition) is 5. The Hall–Kier alpha value is -3.21. The number of amides is 4. The normalized spacial score (nSPS) is 10.8. The Morgan fingerprint density at radius 2 is 1.32 bits per heavy atom. The molecule has 0 aliphatic heterocycles. The predicted octanol–water partition coefficient (Wildman–Crippen LogP) is 5.96. The molecule has 0 radical (unpaired) electrons. The van der Waals surface area contributed by atoms with Crippen LogP contribution >= 0.6 is 34.8 Å².